The van der Waals surface area contributed by atoms with E-state index in [4.69, 9.17) is 5.73 Å². The minimum absolute atomic E-state index is 0.155. The van der Waals surface area contributed by atoms with E-state index in [1.165, 1.54) is 0 Å². The van der Waals surface area contributed by atoms with Gasteiger partial charge in [0.05, 0.1) is 5.41 Å². The first-order chi connectivity index (χ1) is 8.47. The van der Waals surface area contributed by atoms with Crippen molar-refractivity contribution in [1.29, 1.82) is 0 Å². The molecule has 0 radical (unpaired) electrons. The van der Waals surface area contributed by atoms with E-state index in [1.54, 1.807) is 0 Å². The fraction of sp³-hybridized carbons (Fsp3) is 0.750. The van der Waals surface area contributed by atoms with Gasteiger partial charge in [0.1, 0.15) is 6.04 Å². The molecule has 0 spiro atoms. The highest BCUT2D eigenvalue weighted by Gasteiger charge is 2.48. The highest BCUT2D eigenvalue weighted by molar-refractivity contribution is 6.02. The van der Waals surface area contributed by atoms with E-state index in [0.717, 1.165) is 12.8 Å². The van der Waals surface area contributed by atoms with Crippen LogP contribution in [-0.2, 0) is 14.4 Å². The number of nitrogens with two attached hydrogens (primary N) is 1. The van der Waals surface area contributed by atoms with Gasteiger partial charge < -0.3 is 11.1 Å². The van der Waals surface area contributed by atoms with Crippen LogP contribution >= 0.6 is 0 Å². The lowest BCUT2D eigenvalue weighted by Gasteiger charge is -2.44. The van der Waals surface area contributed by atoms with Gasteiger partial charge in [0.25, 0.3) is 0 Å². The van der Waals surface area contributed by atoms with Gasteiger partial charge in [0, 0.05) is 13.0 Å². The second-order valence-electron chi connectivity index (χ2n) is 5.48. The number of rotatable bonds is 3. The predicted molar refractivity (Wildman–Crippen MR) is 64.2 cm³/mol. The largest absolute Gasteiger partial charge is 0.344 e. The molecule has 3 amide bonds. The van der Waals surface area contributed by atoms with Gasteiger partial charge in [-0.05, 0) is 25.2 Å². The van der Waals surface area contributed by atoms with Crippen LogP contribution in [-0.4, -0.2) is 30.3 Å². The molecule has 2 aliphatic rings. The van der Waals surface area contributed by atoms with Crippen molar-refractivity contribution >= 4 is 17.7 Å². The lowest BCUT2D eigenvalue weighted by atomic mass is 9.62. The molecule has 1 aliphatic carbocycles. The highest BCUT2D eigenvalue weighted by atomic mass is 16.2. The number of imide groups is 1. The smallest absolute Gasteiger partial charge is 0.249 e. The Morgan fingerprint density at radius 3 is 2.67 bits per heavy atom. The van der Waals surface area contributed by atoms with Crippen LogP contribution in [0.4, 0.5) is 0 Å². The Labute approximate surface area is 106 Å². The van der Waals surface area contributed by atoms with Gasteiger partial charge in [-0.25, -0.2) is 0 Å². The maximum absolute atomic E-state index is 12.2. The van der Waals surface area contributed by atoms with Gasteiger partial charge in [-0.3, -0.25) is 19.7 Å². The summed E-state index contributed by atoms with van der Waals surface area (Å²) in [6.07, 6.45) is 2.17. The fourth-order valence-corrected chi connectivity index (χ4v) is 2.86. The van der Waals surface area contributed by atoms with E-state index in [2.05, 4.69) is 17.6 Å². The SMILES string of the molecule is CC1CC(CN)(C(=O)NC2CCC(=O)NC2=O)C1. The van der Waals surface area contributed by atoms with Gasteiger partial charge in [0.15, 0.2) is 0 Å². The number of carbonyl (C=O) groups is 3. The average Bonchev–Trinajstić information content (AvgIpc) is 2.28. The minimum Gasteiger partial charge on any atom is -0.344 e. The molecule has 18 heavy (non-hydrogen) atoms. The molecule has 0 bridgehead atoms. The topological polar surface area (TPSA) is 101 Å². The fourth-order valence-electron chi connectivity index (χ4n) is 2.86. The molecule has 1 unspecified atom stereocenters. The van der Waals surface area contributed by atoms with E-state index < -0.39 is 17.4 Å². The molecule has 2 fully saturated rings. The van der Waals surface area contributed by atoms with Gasteiger partial charge in [-0.1, -0.05) is 6.92 Å². The van der Waals surface area contributed by atoms with E-state index in [-0.39, 0.29) is 18.2 Å². The van der Waals surface area contributed by atoms with Crippen LogP contribution in [0.1, 0.15) is 32.6 Å². The van der Waals surface area contributed by atoms with Gasteiger partial charge in [-0.2, -0.15) is 0 Å². The Bertz CT molecular complexity index is 388. The Balaban J connectivity index is 1.95. The maximum atomic E-state index is 12.2. The van der Waals surface area contributed by atoms with Gasteiger partial charge >= 0.3 is 0 Å². The zero-order chi connectivity index (χ0) is 13.3. The molecular weight excluding hydrogens is 234 g/mol. The lowest BCUT2D eigenvalue weighted by molar-refractivity contribution is -0.144. The second-order valence-corrected chi connectivity index (χ2v) is 5.48. The highest BCUT2D eigenvalue weighted by Crippen LogP contribution is 2.44. The minimum atomic E-state index is -0.602. The third-order valence-corrected chi connectivity index (χ3v) is 3.90. The van der Waals surface area contributed by atoms with E-state index >= 15 is 0 Å². The first kappa shape index (κ1) is 13.0. The third-order valence-electron chi connectivity index (χ3n) is 3.90. The van der Waals surface area contributed by atoms with Gasteiger partial charge in [-0.15, -0.1) is 0 Å². The summed E-state index contributed by atoms with van der Waals surface area (Å²) in [4.78, 5) is 34.7. The average molecular weight is 253 g/mol. The molecule has 2 rings (SSSR count). The van der Waals surface area contributed by atoms with Crippen molar-refractivity contribution in [2.75, 3.05) is 6.54 Å². The summed E-state index contributed by atoms with van der Waals surface area (Å²) in [5, 5.41) is 4.95. The summed E-state index contributed by atoms with van der Waals surface area (Å²) in [6, 6.07) is -0.602. The predicted octanol–water partition coefficient (Wildman–Crippen LogP) is -0.717. The zero-order valence-electron chi connectivity index (χ0n) is 10.5. The van der Waals surface area contributed by atoms with Crippen LogP contribution in [0, 0.1) is 11.3 Å². The van der Waals surface area contributed by atoms with Crippen molar-refractivity contribution in [1.82, 2.24) is 10.6 Å². The number of hydrogen-bond acceptors (Lipinski definition) is 4. The number of piperidine rings is 1. The van der Waals surface area contributed by atoms with Crippen LogP contribution < -0.4 is 16.4 Å². The zero-order valence-corrected chi connectivity index (χ0v) is 10.5. The molecule has 0 aromatic rings. The van der Waals surface area contributed by atoms with Crippen molar-refractivity contribution in [3.05, 3.63) is 0 Å². The molecule has 6 nitrogen and oxygen atoms in total. The summed E-state index contributed by atoms with van der Waals surface area (Å²) in [7, 11) is 0. The number of hydrogen-bond donors (Lipinski definition) is 3. The Morgan fingerprint density at radius 2 is 2.17 bits per heavy atom. The van der Waals surface area contributed by atoms with Crippen molar-refractivity contribution in [3.63, 3.8) is 0 Å². The molecule has 0 aromatic heterocycles. The molecule has 4 N–H and O–H groups in total. The Hall–Kier alpha value is -1.43. The summed E-state index contributed by atoms with van der Waals surface area (Å²) in [5.74, 6) is -0.353. The standard InChI is InChI=1S/C12H19N3O3/c1-7-4-12(5-7,6-13)11(18)14-8-2-3-9(16)15-10(8)17/h7-8H,2-6,13H2,1H3,(H,14,18)(H,15,16,17). The van der Waals surface area contributed by atoms with Crippen LogP contribution in [0.15, 0.2) is 0 Å². The van der Waals surface area contributed by atoms with Crippen molar-refractivity contribution in [3.8, 4) is 0 Å². The van der Waals surface area contributed by atoms with E-state index in [1.807, 2.05) is 0 Å². The molecule has 100 valence electrons. The molecule has 1 aliphatic heterocycles. The summed E-state index contributed by atoms with van der Waals surface area (Å²) >= 11 is 0. The number of amides is 3. The molecule has 1 saturated heterocycles. The van der Waals surface area contributed by atoms with Crippen molar-refractivity contribution < 1.29 is 14.4 Å². The summed E-state index contributed by atoms with van der Waals surface area (Å²) in [6.45, 7) is 2.38. The Kier molecular flexibility index (Phi) is 3.38. The molecule has 6 heteroatoms. The Morgan fingerprint density at radius 1 is 1.50 bits per heavy atom. The van der Waals surface area contributed by atoms with Crippen LogP contribution in [0.25, 0.3) is 0 Å². The molecule has 0 aromatic carbocycles. The maximum Gasteiger partial charge on any atom is 0.249 e. The van der Waals surface area contributed by atoms with Crippen molar-refractivity contribution in [2.24, 2.45) is 17.1 Å². The third kappa shape index (κ3) is 2.25. The van der Waals surface area contributed by atoms with Crippen molar-refractivity contribution in [2.45, 2.75) is 38.6 Å². The first-order valence-electron chi connectivity index (χ1n) is 6.31. The second kappa shape index (κ2) is 4.68. The summed E-state index contributed by atoms with van der Waals surface area (Å²) < 4.78 is 0. The van der Waals surface area contributed by atoms with E-state index in [0.29, 0.717) is 18.9 Å². The normalized spacial score (nSPS) is 35.7. The van der Waals surface area contributed by atoms with Gasteiger partial charge in [0.2, 0.25) is 17.7 Å². The molecular formula is C12H19N3O3. The molecule has 1 atom stereocenters. The van der Waals surface area contributed by atoms with Crippen LogP contribution in [0.3, 0.4) is 0 Å². The summed E-state index contributed by atoms with van der Waals surface area (Å²) in [5.41, 5.74) is 5.17. The number of nitrogens with one attached hydrogen (secondary N) is 2. The van der Waals surface area contributed by atoms with E-state index in [9.17, 15) is 14.4 Å². The quantitative estimate of drug-likeness (QED) is 0.578. The first-order valence-corrected chi connectivity index (χ1v) is 6.31. The van der Waals surface area contributed by atoms with Crippen LogP contribution in [0.5, 0.6) is 0 Å². The monoisotopic (exact) mass is 253 g/mol. The molecule has 1 saturated carbocycles. The lowest BCUT2D eigenvalue weighted by Crippen LogP contribution is -2.59. The number of carbonyl (C=O) groups excluding carboxylic acids is 3. The molecule has 1 heterocycles. The van der Waals surface area contributed by atoms with Crippen LogP contribution in [0.2, 0.25) is 0 Å².